The normalized spacial score (nSPS) is 12.0. The number of amides is 1. The van der Waals surface area contributed by atoms with E-state index in [9.17, 15) is 14.9 Å². The third kappa shape index (κ3) is 4.63. The summed E-state index contributed by atoms with van der Waals surface area (Å²) in [7, 11) is 1.70. The molecule has 0 radical (unpaired) electrons. The highest BCUT2D eigenvalue weighted by atomic mass is 79.9. The van der Waals surface area contributed by atoms with Crippen molar-refractivity contribution in [1.29, 1.82) is 0 Å². The van der Waals surface area contributed by atoms with Gasteiger partial charge in [-0.2, -0.15) is 0 Å². The van der Waals surface area contributed by atoms with Crippen LogP contribution >= 0.6 is 15.9 Å². The Kier molecular flexibility index (Phi) is 5.47. The van der Waals surface area contributed by atoms with E-state index in [1.165, 1.54) is 12.1 Å². The first-order valence-corrected chi connectivity index (χ1v) is 6.88. The summed E-state index contributed by atoms with van der Waals surface area (Å²) < 4.78 is 0. The maximum absolute atomic E-state index is 12.2. The van der Waals surface area contributed by atoms with E-state index in [0.29, 0.717) is 22.5 Å². The van der Waals surface area contributed by atoms with E-state index in [4.69, 9.17) is 0 Å². The Balaban J connectivity index is 2.90. The summed E-state index contributed by atoms with van der Waals surface area (Å²) in [5.74, 6) is -0.194. The van der Waals surface area contributed by atoms with Crippen LogP contribution in [0, 0.1) is 17.0 Å². The fraction of sp³-hybridized carbons (Fsp3) is 0.462. The van der Waals surface area contributed by atoms with Crippen LogP contribution in [0.3, 0.4) is 0 Å². The molecule has 0 heterocycles. The summed E-state index contributed by atoms with van der Waals surface area (Å²) in [6, 6.07) is 4.45. The highest BCUT2D eigenvalue weighted by molar-refractivity contribution is 9.09. The molecule has 0 aromatic heterocycles. The largest absolute Gasteiger partial charge is 0.342 e. The molecule has 0 fully saturated rings. The quantitative estimate of drug-likeness (QED) is 0.474. The predicted molar refractivity (Wildman–Crippen MR) is 77.8 cm³/mol. The summed E-state index contributed by atoms with van der Waals surface area (Å²) in [6.07, 6.45) is 0.830. The first-order chi connectivity index (χ1) is 8.81. The lowest BCUT2D eigenvalue weighted by atomic mass is 10.1. The summed E-state index contributed by atoms with van der Waals surface area (Å²) in [6.45, 7) is 4.35. The van der Waals surface area contributed by atoms with Crippen molar-refractivity contribution in [1.82, 2.24) is 4.90 Å². The maximum Gasteiger partial charge on any atom is 0.270 e. The molecule has 0 saturated carbocycles. The van der Waals surface area contributed by atoms with Gasteiger partial charge in [0.05, 0.1) is 4.92 Å². The van der Waals surface area contributed by atoms with Crippen molar-refractivity contribution in [2.24, 2.45) is 0 Å². The van der Waals surface area contributed by atoms with E-state index >= 15 is 0 Å². The van der Waals surface area contributed by atoms with Crippen molar-refractivity contribution in [3.05, 3.63) is 39.4 Å². The second-order valence-corrected chi connectivity index (χ2v) is 6.17. The number of nitro benzene ring substituents is 1. The van der Waals surface area contributed by atoms with Crippen LogP contribution in [0.4, 0.5) is 5.69 Å². The maximum atomic E-state index is 12.2. The molecule has 0 aliphatic carbocycles. The van der Waals surface area contributed by atoms with E-state index < -0.39 is 4.92 Å². The number of hydrogen-bond donors (Lipinski definition) is 0. The number of nitrogens with zero attached hydrogens (tertiary/aromatic N) is 2. The molecule has 6 heteroatoms. The van der Waals surface area contributed by atoms with E-state index in [-0.39, 0.29) is 11.6 Å². The summed E-state index contributed by atoms with van der Waals surface area (Å²) in [4.78, 5) is 24.4. The smallest absolute Gasteiger partial charge is 0.270 e. The lowest BCUT2D eigenvalue weighted by molar-refractivity contribution is -0.384. The van der Waals surface area contributed by atoms with E-state index in [0.717, 1.165) is 6.42 Å². The highest BCUT2D eigenvalue weighted by Crippen LogP contribution is 2.18. The van der Waals surface area contributed by atoms with Crippen molar-refractivity contribution >= 4 is 27.5 Å². The van der Waals surface area contributed by atoms with Crippen molar-refractivity contribution in [2.45, 2.75) is 25.1 Å². The van der Waals surface area contributed by atoms with Crippen LogP contribution < -0.4 is 0 Å². The van der Waals surface area contributed by atoms with Gasteiger partial charge in [-0.1, -0.05) is 22.9 Å². The number of alkyl halides is 1. The Labute approximate surface area is 120 Å². The topological polar surface area (TPSA) is 63.5 Å². The monoisotopic (exact) mass is 328 g/mol. The zero-order valence-corrected chi connectivity index (χ0v) is 12.8. The Morgan fingerprint density at radius 2 is 2.11 bits per heavy atom. The van der Waals surface area contributed by atoms with Crippen LogP contribution in [0.2, 0.25) is 0 Å². The Bertz CT molecular complexity index is 489. The zero-order chi connectivity index (χ0) is 14.6. The van der Waals surface area contributed by atoms with Gasteiger partial charge in [0.2, 0.25) is 0 Å². The van der Waals surface area contributed by atoms with Crippen LogP contribution in [0.15, 0.2) is 18.2 Å². The SMILES string of the molecule is Cc1cc(C(=O)N(C)CCC(C)Br)cc([N+](=O)[O-])c1. The number of nitro groups is 1. The van der Waals surface area contributed by atoms with Crippen LogP contribution in [-0.2, 0) is 0 Å². The number of aryl methyl sites for hydroxylation is 1. The molecule has 1 aromatic carbocycles. The second-order valence-electron chi connectivity index (χ2n) is 4.61. The number of non-ortho nitro benzene ring substituents is 1. The number of carbonyl (C=O) groups is 1. The molecule has 1 rings (SSSR count). The molecule has 0 spiro atoms. The Morgan fingerprint density at radius 3 is 2.63 bits per heavy atom. The average Bonchev–Trinajstić information content (AvgIpc) is 2.34. The molecule has 0 bridgehead atoms. The molecule has 1 aromatic rings. The van der Waals surface area contributed by atoms with Gasteiger partial charge in [0.1, 0.15) is 0 Å². The third-order valence-corrected chi connectivity index (χ3v) is 3.19. The summed E-state index contributed by atoms with van der Waals surface area (Å²) >= 11 is 3.42. The number of carbonyl (C=O) groups excluding carboxylic acids is 1. The van der Waals surface area contributed by atoms with Crippen LogP contribution in [-0.4, -0.2) is 34.2 Å². The number of rotatable bonds is 5. The van der Waals surface area contributed by atoms with Gasteiger partial charge in [0, 0.05) is 36.1 Å². The first-order valence-electron chi connectivity index (χ1n) is 5.97. The van der Waals surface area contributed by atoms with Gasteiger partial charge in [-0.25, -0.2) is 0 Å². The molecular formula is C13H17BrN2O3. The molecule has 0 aliphatic rings. The average molecular weight is 329 g/mol. The third-order valence-electron chi connectivity index (χ3n) is 2.73. The molecule has 1 unspecified atom stereocenters. The molecular weight excluding hydrogens is 312 g/mol. The Morgan fingerprint density at radius 1 is 1.47 bits per heavy atom. The van der Waals surface area contributed by atoms with Crippen molar-refractivity contribution in [3.8, 4) is 0 Å². The number of benzene rings is 1. The van der Waals surface area contributed by atoms with Gasteiger partial charge in [0.15, 0.2) is 0 Å². The fourth-order valence-corrected chi connectivity index (χ4v) is 1.89. The first kappa shape index (κ1) is 15.6. The van der Waals surface area contributed by atoms with Crippen LogP contribution in [0.25, 0.3) is 0 Å². The lowest BCUT2D eigenvalue weighted by Crippen LogP contribution is -2.28. The molecule has 5 nitrogen and oxygen atoms in total. The minimum absolute atomic E-state index is 0.0504. The fourth-order valence-electron chi connectivity index (χ4n) is 1.69. The van der Waals surface area contributed by atoms with Gasteiger partial charge in [-0.15, -0.1) is 0 Å². The minimum Gasteiger partial charge on any atom is -0.342 e. The van der Waals surface area contributed by atoms with Gasteiger partial charge in [0.25, 0.3) is 11.6 Å². The van der Waals surface area contributed by atoms with Crippen molar-refractivity contribution in [3.63, 3.8) is 0 Å². The molecule has 1 amide bonds. The zero-order valence-electron chi connectivity index (χ0n) is 11.2. The molecule has 19 heavy (non-hydrogen) atoms. The van der Waals surface area contributed by atoms with E-state index in [1.54, 1.807) is 24.9 Å². The van der Waals surface area contributed by atoms with Gasteiger partial charge in [-0.05, 0) is 25.0 Å². The molecule has 0 saturated heterocycles. The van der Waals surface area contributed by atoms with Crippen molar-refractivity contribution in [2.75, 3.05) is 13.6 Å². The van der Waals surface area contributed by atoms with E-state index in [1.807, 2.05) is 6.92 Å². The molecule has 104 valence electrons. The molecule has 1 atom stereocenters. The van der Waals surface area contributed by atoms with Crippen LogP contribution in [0.1, 0.15) is 29.3 Å². The Hall–Kier alpha value is -1.43. The molecule has 0 N–H and O–H groups in total. The second kappa shape index (κ2) is 6.65. The minimum atomic E-state index is -0.482. The lowest BCUT2D eigenvalue weighted by Gasteiger charge is -2.18. The standard InChI is InChI=1S/C13H17BrN2O3/c1-9-6-11(8-12(7-9)16(18)19)13(17)15(3)5-4-10(2)14/h6-8,10H,4-5H2,1-3H3. The van der Waals surface area contributed by atoms with Crippen molar-refractivity contribution < 1.29 is 9.72 Å². The van der Waals surface area contributed by atoms with E-state index in [2.05, 4.69) is 15.9 Å². The predicted octanol–water partition coefficient (Wildman–Crippen LogP) is 3.15. The summed E-state index contributed by atoms with van der Waals surface area (Å²) in [5, 5.41) is 10.8. The van der Waals surface area contributed by atoms with Gasteiger partial charge in [-0.3, -0.25) is 14.9 Å². The number of halogens is 1. The van der Waals surface area contributed by atoms with Gasteiger partial charge < -0.3 is 4.90 Å². The van der Waals surface area contributed by atoms with Gasteiger partial charge >= 0.3 is 0 Å². The highest BCUT2D eigenvalue weighted by Gasteiger charge is 2.16. The molecule has 0 aliphatic heterocycles. The summed E-state index contributed by atoms with van der Waals surface area (Å²) in [5.41, 5.74) is 1.02. The van der Waals surface area contributed by atoms with Crippen LogP contribution in [0.5, 0.6) is 0 Å². The number of hydrogen-bond acceptors (Lipinski definition) is 3.